The van der Waals surface area contributed by atoms with E-state index < -0.39 is 47.4 Å². The number of rotatable bonds is 9. The molecule has 4 N–H and O–H groups in total. The molecular formula is C26H42N4O6. The van der Waals surface area contributed by atoms with Crippen molar-refractivity contribution in [2.45, 2.75) is 115 Å². The Morgan fingerprint density at radius 3 is 2.14 bits per heavy atom. The third kappa shape index (κ3) is 7.43. The number of nitrogens with two attached hydrogens (primary N) is 1. The largest absolute Gasteiger partial charge is 0.444 e. The van der Waals surface area contributed by atoms with E-state index in [4.69, 9.17) is 10.5 Å². The predicted molar refractivity (Wildman–Crippen MR) is 133 cm³/mol. The summed E-state index contributed by atoms with van der Waals surface area (Å²) in [4.78, 5) is 65.1. The lowest BCUT2D eigenvalue weighted by atomic mass is 9.80. The van der Waals surface area contributed by atoms with E-state index >= 15 is 0 Å². The molecule has 3 atom stereocenters. The molecular weight excluding hydrogens is 464 g/mol. The Kier molecular flexibility index (Phi) is 9.35. The van der Waals surface area contributed by atoms with Crippen LogP contribution >= 0.6 is 0 Å². The van der Waals surface area contributed by atoms with Crippen LogP contribution < -0.4 is 16.4 Å². The van der Waals surface area contributed by atoms with Crippen molar-refractivity contribution < 1.29 is 28.7 Å². The second-order valence-electron chi connectivity index (χ2n) is 11.5. The van der Waals surface area contributed by atoms with Crippen molar-refractivity contribution >= 4 is 29.6 Å². The Bertz CT molecular complexity index is 844. The molecule has 10 nitrogen and oxygen atoms in total. The first-order valence-electron chi connectivity index (χ1n) is 13.4. The van der Waals surface area contributed by atoms with Crippen LogP contribution in [0.2, 0.25) is 0 Å². The fraction of sp³-hybridized carbons (Fsp3) is 0.808. The average Bonchev–Trinajstić information content (AvgIpc) is 3.27. The van der Waals surface area contributed by atoms with Crippen molar-refractivity contribution in [1.82, 2.24) is 15.5 Å². The van der Waals surface area contributed by atoms with Gasteiger partial charge in [0.1, 0.15) is 17.7 Å². The number of carbonyl (C=O) groups is 5. The molecule has 1 saturated heterocycles. The highest BCUT2D eigenvalue weighted by Gasteiger charge is 2.42. The zero-order valence-electron chi connectivity index (χ0n) is 21.8. The summed E-state index contributed by atoms with van der Waals surface area (Å²) in [6.45, 7) is 5.67. The molecule has 0 spiro atoms. The lowest BCUT2D eigenvalue weighted by molar-refractivity contribution is -0.143. The maximum atomic E-state index is 13.8. The molecule has 3 rings (SSSR count). The van der Waals surface area contributed by atoms with Crippen LogP contribution in [0, 0.1) is 11.8 Å². The predicted octanol–water partition coefficient (Wildman–Crippen LogP) is 2.18. The van der Waals surface area contributed by atoms with Gasteiger partial charge in [-0.2, -0.15) is 0 Å². The fourth-order valence-corrected chi connectivity index (χ4v) is 5.50. The quantitative estimate of drug-likeness (QED) is 0.408. The number of ketones is 1. The van der Waals surface area contributed by atoms with Crippen molar-refractivity contribution in [2.24, 2.45) is 17.6 Å². The molecule has 0 radical (unpaired) electrons. The number of nitrogens with zero attached hydrogens (tertiary/aromatic N) is 1. The fourth-order valence-electron chi connectivity index (χ4n) is 5.50. The van der Waals surface area contributed by atoms with Gasteiger partial charge in [0.05, 0.1) is 6.04 Å². The van der Waals surface area contributed by atoms with E-state index in [1.165, 1.54) is 4.90 Å². The van der Waals surface area contributed by atoms with Gasteiger partial charge in [-0.25, -0.2) is 4.79 Å². The van der Waals surface area contributed by atoms with Crippen molar-refractivity contribution in [1.29, 1.82) is 0 Å². The van der Waals surface area contributed by atoms with Gasteiger partial charge < -0.3 is 26.0 Å². The van der Waals surface area contributed by atoms with Gasteiger partial charge in [0.15, 0.2) is 0 Å². The van der Waals surface area contributed by atoms with Gasteiger partial charge in [-0.3, -0.25) is 19.2 Å². The first kappa shape index (κ1) is 27.9. The molecule has 202 valence electrons. The number of ether oxygens (including phenoxy) is 1. The Hall–Kier alpha value is -2.65. The van der Waals surface area contributed by atoms with Crippen LogP contribution in [0.15, 0.2) is 0 Å². The molecule has 1 unspecified atom stereocenters. The van der Waals surface area contributed by atoms with Gasteiger partial charge in [0.2, 0.25) is 17.6 Å². The van der Waals surface area contributed by atoms with Gasteiger partial charge in [0.25, 0.3) is 5.91 Å². The standard InChI is InChI=1S/C26H42N4O6/c1-26(2,3)36-25(35)29-20(17-11-5-4-6-12-17)24(34)30-14-8-13-19(30)23(33)28-18(21(31)22(27)32)15-16-9-7-10-16/h16-20H,4-15H2,1-3H3,(H2,27,32)(H,28,33)(H,29,35)/t18?,19-,20-/m0/s1. The Labute approximate surface area is 213 Å². The van der Waals surface area contributed by atoms with Crippen LogP contribution in [-0.4, -0.2) is 64.8 Å². The number of Topliss-reactive ketones (excluding diaryl/α,β-unsaturated/α-hetero) is 1. The summed E-state index contributed by atoms with van der Waals surface area (Å²) in [5.41, 5.74) is 4.53. The monoisotopic (exact) mass is 506 g/mol. The summed E-state index contributed by atoms with van der Waals surface area (Å²) in [5.74, 6) is -2.41. The number of hydrogen-bond acceptors (Lipinski definition) is 6. The highest BCUT2D eigenvalue weighted by molar-refractivity contribution is 6.37. The normalized spacial score (nSPS) is 22.8. The second-order valence-corrected chi connectivity index (χ2v) is 11.5. The summed E-state index contributed by atoms with van der Waals surface area (Å²) in [6, 6.07) is -2.54. The van der Waals surface area contributed by atoms with E-state index in [1.807, 2.05) is 0 Å². The molecule has 36 heavy (non-hydrogen) atoms. The number of carbonyl (C=O) groups excluding carboxylic acids is 5. The van der Waals surface area contributed by atoms with Crippen LogP contribution in [-0.2, 0) is 23.9 Å². The highest BCUT2D eigenvalue weighted by atomic mass is 16.6. The van der Waals surface area contributed by atoms with Crippen LogP contribution in [0.5, 0.6) is 0 Å². The van der Waals surface area contributed by atoms with Gasteiger partial charge in [-0.1, -0.05) is 38.5 Å². The summed E-state index contributed by atoms with van der Waals surface area (Å²) >= 11 is 0. The van der Waals surface area contributed by atoms with E-state index in [2.05, 4.69) is 10.6 Å². The molecule has 10 heteroatoms. The van der Waals surface area contributed by atoms with Gasteiger partial charge >= 0.3 is 6.09 Å². The average molecular weight is 507 g/mol. The topological polar surface area (TPSA) is 148 Å². The number of hydrogen-bond donors (Lipinski definition) is 3. The Balaban J connectivity index is 1.73. The molecule has 2 aliphatic carbocycles. The van der Waals surface area contributed by atoms with Crippen molar-refractivity contribution in [3.8, 4) is 0 Å². The number of nitrogens with one attached hydrogen (secondary N) is 2. The molecule has 3 aliphatic rings. The first-order chi connectivity index (χ1) is 17.0. The number of primary amides is 1. The number of amides is 4. The maximum Gasteiger partial charge on any atom is 0.408 e. The Morgan fingerprint density at radius 2 is 1.58 bits per heavy atom. The molecule has 0 aromatic heterocycles. The third-order valence-electron chi connectivity index (χ3n) is 7.57. The molecule has 0 bridgehead atoms. The van der Waals surface area contributed by atoms with E-state index in [9.17, 15) is 24.0 Å². The summed E-state index contributed by atoms with van der Waals surface area (Å²) in [6.07, 6.45) is 8.44. The molecule has 0 aromatic rings. The van der Waals surface area contributed by atoms with E-state index in [-0.39, 0.29) is 17.7 Å². The highest BCUT2D eigenvalue weighted by Crippen LogP contribution is 2.32. The minimum absolute atomic E-state index is 0.0362. The number of alkyl carbamates (subject to hydrolysis) is 1. The molecule has 0 aromatic carbocycles. The van der Waals surface area contributed by atoms with E-state index in [0.717, 1.165) is 51.4 Å². The number of likely N-dealkylation sites (tertiary alicyclic amines) is 1. The zero-order chi connectivity index (χ0) is 26.5. The van der Waals surface area contributed by atoms with Crippen molar-refractivity contribution in [3.63, 3.8) is 0 Å². The summed E-state index contributed by atoms with van der Waals surface area (Å²) < 4.78 is 5.42. The van der Waals surface area contributed by atoms with Crippen LogP contribution in [0.3, 0.4) is 0 Å². The third-order valence-corrected chi connectivity index (χ3v) is 7.57. The smallest absolute Gasteiger partial charge is 0.408 e. The second kappa shape index (κ2) is 12.1. The van der Waals surface area contributed by atoms with Crippen molar-refractivity contribution in [2.75, 3.05) is 6.54 Å². The lowest BCUT2D eigenvalue weighted by Gasteiger charge is -2.35. The molecule has 4 amide bonds. The van der Waals surface area contributed by atoms with Gasteiger partial charge in [-0.15, -0.1) is 0 Å². The van der Waals surface area contributed by atoms with Gasteiger partial charge in [0, 0.05) is 6.54 Å². The molecule has 1 aliphatic heterocycles. The van der Waals surface area contributed by atoms with Crippen LogP contribution in [0.4, 0.5) is 4.79 Å². The zero-order valence-corrected chi connectivity index (χ0v) is 21.8. The van der Waals surface area contributed by atoms with Crippen LogP contribution in [0.25, 0.3) is 0 Å². The minimum atomic E-state index is -1.07. The summed E-state index contributed by atoms with van der Waals surface area (Å²) in [7, 11) is 0. The Morgan fingerprint density at radius 1 is 0.917 bits per heavy atom. The molecule has 3 fully saturated rings. The molecule has 1 heterocycles. The van der Waals surface area contributed by atoms with Gasteiger partial charge in [-0.05, 0) is 64.7 Å². The van der Waals surface area contributed by atoms with Crippen LogP contribution in [0.1, 0.15) is 91.4 Å². The van der Waals surface area contributed by atoms with E-state index in [1.54, 1.807) is 20.8 Å². The SMILES string of the molecule is CC(C)(C)OC(=O)N[C@H](C(=O)N1CCC[C@H]1C(=O)NC(CC1CCC1)C(=O)C(N)=O)C1CCCCC1. The lowest BCUT2D eigenvalue weighted by Crippen LogP contribution is -2.58. The van der Waals surface area contributed by atoms with Crippen molar-refractivity contribution in [3.05, 3.63) is 0 Å². The van der Waals surface area contributed by atoms with E-state index in [0.29, 0.717) is 25.8 Å². The maximum absolute atomic E-state index is 13.8. The minimum Gasteiger partial charge on any atom is -0.444 e. The first-order valence-corrected chi connectivity index (χ1v) is 13.4. The molecule has 2 saturated carbocycles. The summed E-state index contributed by atoms with van der Waals surface area (Å²) in [5, 5.41) is 5.51.